The minimum atomic E-state index is -4.27. The van der Waals surface area contributed by atoms with Crippen molar-refractivity contribution in [2.24, 2.45) is 0 Å². The molecule has 7 nitrogen and oxygen atoms in total. The van der Waals surface area contributed by atoms with Crippen LogP contribution in [0.25, 0.3) is 0 Å². The maximum Gasteiger partial charge on any atom is 0.264 e. The smallest absolute Gasteiger partial charge is 0.264 e. The van der Waals surface area contributed by atoms with Gasteiger partial charge in [-0.2, -0.15) is 0 Å². The Morgan fingerprint density at radius 1 is 0.872 bits per heavy atom. The van der Waals surface area contributed by atoms with E-state index in [1.165, 1.54) is 35.2 Å². The first-order chi connectivity index (χ1) is 22.6. The molecule has 2 amide bonds. The highest BCUT2D eigenvalue weighted by molar-refractivity contribution is 7.92. The minimum absolute atomic E-state index is 0.0331. The third kappa shape index (κ3) is 8.78. The lowest BCUT2D eigenvalue weighted by atomic mass is 9.94. The zero-order valence-corrected chi connectivity index (χ0v) is 27.9. The number of anilines is 1. The minimum Gasteiger partial charge on any atom is -0.352 e. The van der Waals surface area contributed by atoms with E-state index in [9.17, 15) is 18.0 Å². The van der Waals surface area contributed by atoms with Gasteiger partial charge in [-0.15, -0.1) is 0 Å². The summed E-state index contributed by atoms with van der Waals surface area (Å²) in [4.78, 5) is 30.0. The Bertz CT molecular complexity index is 1760. The molecule has 0 radical (unpaired) electrons. The van der Waals surface area contributed by atoms with E-state index in [0.29, 0.717) is 5.02 Å². The van der Waals surface area contributed by atoms with Crippen LogP contribution in [-0.4, -0.2) is 43.8 Å². The second kappa shape index (κ2) is 15.6. The van der Waals surface area contributed by atoms with Gasteiger partial charge in [-0.05, 0) is 67.8 Å². The first-order valence-electron chi connectivity index (χ1n) is 15.8. The van der Waals surface area contributed by atoms with Crippen molar-refractivity contribution in [1.29, 1.82) is 0 Å². The van der Waals surface area contributed by atoms with Gasteiger partial charge in [0, 0.05) is 29.6 Å². The number of hydrogen-bond acceptors (Lipinski definition) is 4. The van der Waals surface area contributed by atoms with Crippen LogP contribution in [0.3, 0.4) is 0 Å². The van der Waals surface area contributed by atoms with Gasteiger partial charge in [0.15, 0.2) is 0 Å². The SMILES string of the molecule is Cc1ccc(N(CC(=O)N(Cc2ccccc2F)[C@@H](Cc2ccccc2)C(=O)NC2CCCCC2)S(=O)(=O)c2ccc(Cl)cc2)cc1. The molecule has 1 aliphatic rings. The predicted molar refractivity (Wildman–Crippen MR) is 183 cm³/mol. The summed E-state index contributed by atoms with van der Waals surface area (Å²) in [5.74, 6) is -1.53. The first kappa shape index (κ1) is 34.1. The highest BCUT2D eigenvalue weighted by Crippen LogP contribution is 2.27. The van der Waals surface area contributed by atoms with Gasteiger partial charge in [0.25, 0.3) is 10.0 Å². The average Bonchev–Trinajstić information content (AvgIpc) is 3.07. The fourth-order valence-electron chi connectivity index (χ4n) is 5.88. The molecule has 1 atom stereocenters. The van der Waals surface area contributed by atoms with E-state index >= 15 is 4.39 Å². The molecule has 1 N–H and O–H groups in total. The van der Waals surface area contributed by atoms with E-state index in [1.807, 2.05) is 37.3 Å². The molecule has 0 aromatic heterocycles. The topological polar surface area (TPSA) is 86.8 Å². The highest BCUT2D eigenvalue weighted by atomic mass is 35.5. The number of rotatable bonds is 12. The summed E-state index contributed by atoms with van der Waals surface area (Å²) < 4.78 is 44.4. The number of benzene rings is 4. The molecule has 246 valence electrons. The first-order valence-corrected chi connectivity index (χ1v) is 17.7. The monoisotopic (exact) mass is 675 g/mol. The maximum absolute atomic E-state index is 15.1. The van der Waals surface area contributed by atoms with Crippen molar-refractivity contribution in [3.63, 3.8) is 0 Å². The average molecular weight is 676 g/mol. The molecular weight excluding hydrogens is 637 g/mol. The van der Waals surface area contributed by atoms with Gasteiger partial charge in [-0.25, -0.2) is 12.8 Å². The number of nitrogens with zero attached hydrogens (tertiary/aromatic N) is 2. The number of nitrogens with one attached hydrogen (secondary N) is 1. The Morgan fingerprint density at radius 3 is 2.17 bits per heavy atom. The third-order valence-corrected chi connectivity index (χ3v) is 10.6. The van der Waals surface area contributed by atoms with Crippen molar-refractivity contribution < 1.29 is 22.4 Å². The van der Waals surface area contributed by atoms with Crippen LogP contribution < -0.4 is 9.62 Å². The molecule has 0 saturated heterocycles. The number of halogens is 2. The molecule has 0 spiro atoms. The molecule has 0 aliphatic heterocycles. The number of amides is 2. The predicted octanol–water partition coefficient (Wildman–Crippen LogP) is 7.07. The van der Waals surface area contributed by atoms with E-state index in [1.54, 1.807) is 42.5 Å². The van der Waals surface area contributed by atoms with E-state index in [2.05, 4.69) is 5.32 Å². The van der Waals surface area contributed by atoms with Crippen molar-refractivity contribution in [3.8, 4) is 0 Å². The lowest BCUT2D eigenvalue weighted by molar-refractivity contribution is -0.140. The lowest BCUT2D eigenvalue weighted by Gasteiger charge is -2.35. The summed E-state index contributed by atoms with van der Waals surface area (Å²) in [7, 11) is -4.27. The van der Waals surface area contributed by atoms with Crippen LogP contribution >= 0.6 is 11.6 Å². The molecule has 0 bridgehead atoms. The van der Waals surface area contributed by atoms with Crippen LogP contribution in [0.2, 0.25) is 5.02 Å². The quantitative estimate of drug-likeness (QED) is 0.174. The van der Waals surface area contributed by atoms with Crippen molar-refractivity contribution in [3.05, 3.63) is 131 Å². The van der Waals surface area contributed by atoms with Crippen LogP contribution in [0.4, 0.5) is 10.1 Å². The standard InChI is InChI=1S/C37H39ClFN3O4S/c1-27-16-20-32(21-17-27)42(47(45,46)33-22-18-30(38)19-23-33)26-36(43)41(25-29-12-8-9-15-34(29)39)35(24-28-10-4-2-5-11-28)37(44)40-31-13-6-3-7-14-31/h2,4-5,8-12,15-23,31,35H,3,6-7,13-14,24-26H2,1H3,(H,40,44)/t35-/m0/s1. The Morgan fingerprint density at radius 2 is 1.51 bits per heavy atom. The number of carbonyl (C=O) groups excluding carboxylic acids is 2. The Hall–Kier alpha value is -4.21. The molecule has 0 heterocycles. The van der Waals surface area contributed by atoms with Gasteiger partial charge in [0.2, 0.25) is 11.8 Å². The van der Waals surface area contributed by atoms with Crippen LogP contribution in [0, 0.1) is 12.7 Å². The van der Waals surface area contributed by atoms with Crippen molar-refractivity contribution >= 4 is 39.1 Å². The van der Waals surface area contributed by atoms with Gasteiger partial charge in [-0.1, -0.05) is 97.1 Å². The van der Waals surface area contributed by atoms with Crippen molar-refractivity contribution in [2.45, 2.75) is 69.0 Å². The Kier molecular flexibility index (Phi) is 11.3. The summed E-state index contributed by atoms with van der Waals surface area (Å²) in [6.07, 6.45) is 4.94. The molecule has 4 aromatic carbocycles. The maximum atomic E-state index is 15.1. The lowest BCUT2D eigenvalue weighted by Crippen LogP contribution is -2.55. The van der Waals surface area contributed by atoms with Crippen LogP contribution in [0.5, 0.6) is 0 Å². The number of aryl methyl sites for hydroxylation is 1. The molecule has 4 aromatic rings. The van der Waals surface area contributed by atoms with Gasteiger partial charge >= 0.3 is 0 Å². The Labute approximate surface area is 281 Å². The normalized spacial score (nSPS) is 14.3. The van der Waals surface area contributed by atoms with Crippen molar-refractivity contribution in [1.82, 2.24) is 10.2 Å². The van der Waals surface area contributed by atoms with Gasteiger partial charge in [0.1, 0.15) is 18.4 Å². The largest absolute Gasteiger partial charge is 0.352 e. The van der Waals surface area contributed by atoms with E-state index in [-0.39, 0.29) is 41.1 Å². The van der Waals surface area contributed by atoms with E-state index in [0.717, 1.165) is 47.5 Å². The molecule has 1 fully saturated rings. The fraction of sp³-hybridized carbons (Fsp3) is 0.297. The molecule has 10 heteroatoms. The molecular formula is C37H39ClFN3O4S. The fourth-order valence-corrected chi connectivity index (χ4v) is 7.42. The summed E-state index contributed by atoms with van der Waals surface area (Å²) >= 11 is 6.05. The molecule has 5 rings (SSSR count). The second-order valence-corrected chi connectivity index (χ2v) is 14.3. The second-order valence-electron chi connectivity index (χ2n) is 12.0. The third-order valence-electron chi connectivity index (χ3n) is 8.52. The summed E-state index contributed by atoms with van der Waals surface area (Å²) in [6, 6.07) is 26.8. The number of sulfonamides is 1. The van der Waals surface area contributed by atoms with Gasteiger partial charge in [-0.3, -0.25) is 13.9 Å². The number of hydrogen-bond donors (Lipinski definition) is 1. The number of carbonyl (C=O) groups is 2. The Balaban J connectivity index is 1.56. The molecule has 1 saturated carbocycles. The van der Waals surface area contributed by atoms with Crippen LogP contribution in [0.15, 0.2) is 108 Å². The molecule has 47 heavy (non-hydrogen) atoms. The molecule has 0 unspecified atom stereocenters. The summed E-state index contributed by atoms with van der Waals surface area (Å²) in [6.45, 7) is 1.02. The molecule has 1 aliphatic carbocycles. The van der Waals surface area contributed by atoms with Crippen LogP contribution in [0.1, 0.15) is 48.8 Å². The zero-order valence-electron chi connectivity index (χ0n) is 26.3. The van der Waals surface area contributed by atoms with E-state index < -0.39 is 34.3 Å². The summed E-state index contributed by atoms with van der Waals surface area (Å²) in [5, 5.41) is 3.52. The van der Waals surface area contributed by atoms with Crippen molar-refractivity contribution in [2.75, 3.05) is 10.8 Å². The highest BCUT2D eigenvalue weighted by Gasteiger charge is 2.35. The van der Waals surface area contributed by atoms with Gasteiger partial charge < -0.3 is 10.2 Å². The van der Waals surface area contributed by atoms with E-state index in [4.69, 9.17) is 11.6 Å². The summed E-state index contributed by atoms with van der Waals surface area (Å²) in [5.41, 5.74) is 2.21. The zero-order chi connectivity index (χ0) is 33.4. The van der Waals surface area contributed by atoms with Crippen LogP contribution in [-0.2, 0) is 32.6 Å². The van der Waals surface area contributed by atoms with Gasteiger partial charge in [0.05, 0.1) is 10.6 Å².